The van der Waals surface area contributed by atoms with E-state index in [2.05, 4.69) is 26.1 Å². The van der Waals surface area contributed by atoms with Crippen molar-refractivity contribution in [2.75, 3.05) is 19.6 Å². The number of fused-ring (bicyclic) bond motifs is 4. The molecule has 2 spiro atoms. The molecule has 5 aliphatic carbocycles. The third-order valence-electron chi connectivity index (χ3n) is 15.2. The topological polar surface area (TPSA) is 67.9 Å². The van der Waals surface area contributed by atoms with Crippen LogP contribution >= 0.6 is 0 Å². The Hall–Kier alpha value is -2.06. The summed E-state index contributed by atoms with van der Waals surface area (Å²) in [5.74, 6) is 1.25. The number of ether oxygens (including phenoxy) is 2. The fraction of sp³-hybridized carbons (Fsp3) is 0.789. The van der Waals surface area contributed by atoms with Gasteiger partial charge in [0, 0.05) is 44.6 Å². The van der Waals surface area contributed by atoms with E-state index in [1.165, 1.54) is 57.6 Å². The van der Waals surface area contributed by atoms with Gasteiger partial charge in [-0.1, -0.05) is 20.8 Å². The molecule has 2 saturated heterocycles. The van der Waals surface area contributed by atoms with E-state index in [1.54, 1.807) is 4.90 Å². The first-order valence-corrected chi connectivity index (χ1v) is 18.1. The van der Waals surface area contributed by atoms with Crippen molar-refractivity contribution in [3.63, 3.8) is 0 Å². The molecule has 46 heavy (non-hydrogen) atoms. The van der Waals surface area contributed by atoms with Gasteiger partial charge in [0.15, 0.2) is 0 Å². The van der Waals surface area contributed by atoms with Gasteiger partial charge in [0.25, 0.3) is 0 Å². The van der Waals surface area contributed by atoms with Crippen LogP contribution in [0.25, 0.3) is 0 Å². The third-order valence-corrected chi connectivity index (χ3v) is 15.2. The van der Waals surface area contributed by atoms with Gasteiger partial charge in [0.1, 0.15) is 17.7 Å². The Balaban J connectivity index is 0.953. The van der Waals surface area contributed by atoms with Crippen LogP contribution < -0.4 is 5.32 Å². The quantitative estimate of drug-likeness (QED) is 0.354. The molecule has 0 bridgehead atoms. The molecule has 1 amide bonds. The smallest absolute Gasteiger partial charge is 0.311 e. The average Bonchev–Trinajstić information content (AvgIpc) is 3.53. The van der Waals surface area contributed by atoms with Crippen LogP contribution in [0.4, 0.5) is 8.78 Å². The maximum Gasteiger partial charge on any atom is 0.311 e. The molecule has 0 aromatic heterocycles. The standard InChI is InChI=1S/C38H52F2N2O4/c1-22(43)42(19-23-13-25(39)15-26(40)14-23)20-27-5-6-29-31(45-27)16-30-28-7-8-32-35(2,3)33(46-34(44)24-17-41-18-24)9-10-38(32)21-37(28,38)12-11-36(29,30)4/h13-15,24,27-33,41H,5-12,16-21H2,1-4H3/t27?,28?,29?,30?,31?,32?,33-,36+,37-,38+/m0/s1. The highest BCUT2D eigenvalue weighted by Gasteiger charge is 2.80. The van der Waals surface area contributed by atoms with E-state index in [0.29, 0.717) is 46.1 Å². The molecule has 1 aromatic rings. The maximum atomic E-state index is 13.9. The number of nitrogens with one attached hydrogen (secondary N) is 1. The number of carbonyl (C=O) groups excluding carboxylic acids is 2. The minimum atomic E-state index is -0.622. The second-order valence-electron chi connectivity index (χ2n) is 17.4. The van der Waals surface area contributed by atoms with Gasteiger partial charge in [0.05, 0.1) is 18.1 Å². The first-order valence-electron chi connectivity index (χ1n) is 18.1. The number of esters is 1. The fourth-order valence-corrected chi connectivity index (χ4v) is 12.8. The highest BCUT2D eigenvalue weighted by atomic mass is 19.1. The lowest BCUT2D eigenvalue weighted by Gasteiger charge is -2.59. The molecule has 0 radical (unpaired) electrons. The number of carbonyl (C=O) groups is 2. The third kappa shape index (κ3) is 4.58. The molecule has 8 heteroatoms. The predicted molar refractivity (Wildman–Crippen MR) is 169 cm³/mol. The highest BCUT2D eigenvalue weighted by molar-refractivity contribution is 5.74. The van der Waals surface area contributed by atoms with E-state index in [-0.39, 0.29) is 48.1 Å². The molecule has 252 valence electrons. The van der Waals surface area contributed by atoms with Crippen LogP contribution in [0.3, 0.4) is 0 Å². The van der Waals surface area contributed by atoms with Gasteiger partial charge >= 0.3 is 5.97 Å². The highest BCUT2D eigenvalue weighted by Crippen LogP contribution is 2.87. The Morgan fingerprint density at radius 3 is 2.37 bits per heavy atom. The summed E-state index contributed by atoms with van der Waals surface area (Å²) in [6, 6.07) is 3.48. The van der Waals surface area contributed by atoms with E-state index in [4.69, 9.17) is 9.47 Å². The summed E-state index contributed by atoms with van der Waals surface area (Å²) in [6.07, 6.45) is 12.0. The molecule has 6 unspecified atom stereocenters. The predicted octanol–water partition coefficient (Wildman–Crippen LogP) is 6.65. The molecule has 1 aromatic carbocycles. The Bertz CT molecular complexity index is 1390. The summed E-state index contributed by atoms with van der Waals surface area (Å²) < 4.78 is 40.9. The normalized spacial score (nSPS) is 43.6. The number of hydrogen-bond acceptors (Lipinski definition) is 5. The molecule has 6 nitrogen and oxygen atoms in total. The van der Waals surface area contributed by atoms with Gasteiger partial charge in [-0.3, -0.25) is 9.59 Å². The van der Waals surface area contributed by atoms with Gasteiger partial charge in [-0.25, -0.2) is 8.78 Å². The van der Waals surface area contributed by atoms with Crippen molar-refractivity contribution in [2.24, 2.45) is 51.2 Å². The van der Waals surface area contributed by atoms with Crippen LogP contribution in [0.5, 0.6) is 0 Å². The lowest BCUT2D eigenvalue weighted by atomic mass is 9.46. The van der Waals surface area contributed by atoms with Gasteiger partial charge in [-0.05, 0) is 122 Å². The maximum absolute atomic E-state index is 13.9. The second kappa shape index (κ2) is 10.7. The Morgan fingerprint density at radius 1 is 0.935 bits per heavy atom. The fourth-order valence-electron chi connectivity index (χ4n) is 12.8. The van der Waals surface area contributed by atoms with Gasteiger partial charge in [-0.2, -0.15) is 0 Å². The van der Waals surface area contributed by atoms with Gasteiger partial charge in [0.2, 0.25) is 5.91 Å². The van der Waals surface area contributed by atoms with Crippen LogP contribution in [-0.2, 0) is 25.6 Å². The number of amides is 1. The van der Waals surface area contributed by atoms with Crippen LogP contribution in [0.15, 0.2) is 18.2 Å². The molecule has 7 aliphatic rings. The first kappa shape index (κ1) is 31.2. The zero-order chi connectivity index (χ0) is 32.2. The Morgan fingerprint density at radius 2 is 1.67 bits per heavy atom. The Kier molecular flexibility index (Phi) is 7.28. The minimum Gasteiger partial charge on any atom is -0.462 e. The van der Waals surface area contributed by atoms with Crippen molar-refractivity contribution in [1.82, 2.24) is 10.2 Å². The molecule has 2 aliphatic heterocycles. The average molecular weight is 639 g/mol. The number of benzene rings is 1. The first-order chi connectivity index (χ1) is 21.9. The molecule has 7 fully saturated rings. The zero-order valence-corrected chi connectivity index (χ0v) is 28.1. The van der Waals surface area contributed by atoms with Crippen molar-refractivity contribution in [3.05, 3.63) is 35.4 Å². The van der Waals surface area contributed by atoms with Crippen molar-refractivity contribution in [1.29, 1.82) is 0 Å². The van der Waals surface area contributed by atoms with Crippen LogP contribution in [-0.4, -0.2) is 54.7 Å². The lowest BCUT2D eigenvalue weighted by Crippen LogP contribution is -2.56. The summed E-state index contributed by atoms with van der Waals surface area (Å²) in [7, 11) is 0. The number of nitrogens with zero attached hydrogens (tertiary/aromatic N) is 1. The number of rotatable bonds is 6. The number of hydrogen-bond donors (Lipinski definition) is 1. The van der Waals surface area contributed by atoms with Gasteiger partial charge < -0.3 is 19.7 Å². The molecule has 8 rings (SSSR count). The van der Waals surface area contributed by atoms with E-state index < -0.39 is 11.6 Å². The van der Waals surface area contributed by atoms with Crippen LogP contribution in [0, 0.1) is 62.9 Å². The van der Waals surface area contributed by atoms with E-state index >= 15 is 0 Å². The zero-order valence-electron chi connectivity index (χ0n) is 28.1. The largest absolute Gasteiger partial charge is 0.462 e. The summed E-state index contributed by atoms with van der Waals surface area (Å²) in [5, 5.41) is 3.21. The van der Waals surface area contributed by atoms with Crippen LogP contribution in [0.2, 0.25) is 0 Å². The number of halogens is 2. The van der Waals surface area contributed by atoms with Crippen molar-refractivity contribution < 1.29 is 27.8 Å². The van der Waals surface area contributed by atoms with Gasteiger partial charge in [-0.15, -0.1) is 0 Å². The SMILES string of the molecule is CC(=O)N(Cc1cc(F)cc(F)c1)CC1CCC2C(CC3C4CCC5C(C)(C)[C@@H](OC(=O)C6CNC6)CC[C@@]56C[C@@]46CC[C@]23C)O1. The molecular weight excluding hydrogens is 586 g/mol. The lowest BCUT2D eigenvalue weighted by molar-refractivity contribution is -0.181. The molecule has 5 saturated carbocycles. The van der Waals surface area contributed by atoms with E-state index in [9.17, 15) is 18.4 Å². The van der Waals surface area contributed by atoms with Crippen molar-refractivity contribution in [2.45, 2.75) is 117 Å². The van der Waals surface area contributed by atoms with E-state index in [1.807, 2.05) is 0 Å². The summed E-state index contributed by atoms with van der Waals surface area (Å²) in [6.45, 7) is 11.0. The Labute approximate surface area is 272 Å². The van der Waals surface area contributed by atoms with E-state index in [0.717, 1.165) is 50.8 Å². The molecule has 10 atom stereocenters. The molecule has 1 N–H and O–H groups in total. The van der Waals surface area contributed by atoms with Crippen molar-refractivity contribution >= 4 is 11.9 Å². The molecule has 2 heterocycles. The second-order valence-corrected chi connectivity index (χ2v) is 17.4. The molecular formula is C38H52F2N2O4. The summed E-state index contributed by atoms with van der Waals surface area (Å²) in [4.78, 5) is 27.1. The summed E-state index contributed by atoms with van der Waals surface area (Å²) >= 11 is 0. The monoisotopic (exact) mass is 638 g/mol. The minimum absolute atomic E-state index is 0.000175. The van der Waals surface area contributed by atoms with Crippen molar-refractivity contribution in [3.8, 4) is 0 Å². The van der Waals surface area contributed by atoms with Crippen LogP contribution in [0.1, 0.15) is 97.5 Å². The summed E-state index contributed by atoms with van der Waals surface area (Å²) in [5.41, 5.74) is 1.59.